The highest BCUT2D eigenvalue weighted by Gasteiger charge is 2.22. The van der Waals surface area contributed by atoms with Crippen molar-refractivity contribution in [1.82, 2.24) is 9.38 Å². The molecule has 2 aromatic carbocycles. The molecular weight excluding hydrogens is 384 g/mol. The van der Waals surface area contributed by atoms with Gasteiger partial charge in [-0.2, -0.15) is 0 Å². The number of fused-ring (bicyclic) bond motifs is 1. The molecule has 2 aromatic heterocycles. The summed E-state index contributed by atoms with van der Waals surface area (Å²) in [4.78, 5) is 30.1. The first kappa shape index (κ1) is 18.8. The lowest BCUT2D eigenvalue weighted by atomic mass is 10.1. The Morgan fingerprint density at radius 3 is 2.41 bits per heavy atom. The van der Waals surface area contributed by atoms with Crippen molar-refractivity contribution in [3.63, 3.8) is 0 Å². The van der Waals surface area contributed by atoms with Crippen molar-refractivity contribution < 1.29 is 9.90 Å². The first-order valence-electron chi connectivity index (χ1n) is 9.06. The third-order valence-electron chi connectivity index (χ3n) is 4.80. The van der Waals surface area contributed by atoms with Gasteiger partial charge in [-0.15, -0.1) is 0 Å². The summed E-state index contributed by atoms with van der Waals surface area (Å²) in [5.74, 6) is -1.08. The first-order valence-corrected chi connectivity index (χ1v) is 9.87. The van der Waals surface area contributed by atoms with Crippen LogP contribution >= 0.6 is 11.3 Å². The van der Waals surface area contributed by atoms with E-state index in [0.717, 1.165) is 22.5 Å². The molecule has 0 aliphatic rings. The molecule has 0 unspecified atom stereocenters. The number of carbonyl (C=O) groups is 1. The van der Waals surface area contributed by atoms with E-state index in [4.69, 9.17) is 0 Å². The number of thiazole rings is 1. The minimum atomic E-state index is -1.08. The van der Waals surface area contributed by atoms with Crippen LogP contribution in [0.4, 0.5) is 0 Å². The molecule has 0 spiro atoms. The van der Waals surface area contributed by atoms with Crippen molar-refractivity contribution in [2.45, 2.75) is 13.8 Å². The lowest BCUT2D eigenvalue weighted by molar-refractivity contribution is 0.0702. The molecule has 6 heteroatoms. The molecule has 0 bridgehead atoms. The SMILES string of the molecule is Cc1ccccc1C=Cc1nc2sc(C(=O)O)c(-c3ccccc3)n2c(=O)c1C. The molecule has 5 nitrogen and oxygen atoms in total. The smallest absolute Gasteiger partial charge is 0.348 e. The summed E-state index contributed by atoms with van der Waals surface area (Å²) in [6, 6.07) is 17.0. The van der Waals surface area contributed by atoms with Gasteiger partial charge in [0.15, 0.2) is 4.96 Å². The van der Waals surface area contributed by atoms with Crippen LogP contribution in [0.2, 0.25) is 0 Å². The average molecular weight is 402 g/mol. The zero-order valence-electron chi connectivity index (χ0n) is 15.9. The summed E-state index contributed by atoms with van der Waals surface area (Å²) in [5, 5.41) is 9.69. The van der Waals surface area contributed by atoms with Gasteiger partial charge in [0.2, 0.25) is 0 Å². The molecule has 0 fully saturated rings. The minimum absolute atomic E-state index is 0.0974. The first-order chi connectivity index (χ1) is 14.0. The normalized spacial score (nSPS) is 11.4. The van der Waals surface area contributed by atoms with Crippen molar-refractivity contribution >= 4 is 34.4 Å². The summed E-state index contributed by atoms with van der Waals surface area (Å²) in [6.07, 6.45) is 3.73. The number of aryl methyl sites for hydroxylation is 1. The van der Waals surface area contributed by atoms with Crippen LogP contribution in [0.5, 0.6) is 0 Å². The number of rotatable bonds is 4. The van der Waals surface area contributed by atoms with Gasteiger partial charge in [0.1, 0.15) is 4.88 Å². The van der Waals surface area contributed by atoms with Crippen molar-refractivity contribution in [2.24, 2.45) is 0 Å². The Balaban J connectivity index is 1.94. The Bertz CT molecular complexity index is 1320. The molecule has 0 radical (unpaired) electrons. The van der Waals surface area contributed by atoms with Crippen molar-refractivity contribution in [3.8, 4) is 11.3 Å². The zero-order chi connectivity index (χ0) is 20.5. The van der Waals surface area contributed by atoms with Crippen molar-refractivity contribution in [2.75, 3.05) is 0 Å². The Hall–Kier alpha value is -3.51. The molecule has 1 N–H and O–H groups in total. The quantitative estimate of drug-likeness (QED) is 0.527. The molecule has 0 aliphatic heterocycles. The molecule has 4 rings (SSSR count). The second-order valence-corrected chi connectivity index (χ2v) is 7.66. The fourth-order valence-corrected chi connectivity index (χ4v) is 4.20. The van der Waals surface area contributed by atoms with Crippen molar-refractivity contribution in [1.29, 1.82) is 0 Å². The van der Waals surface area contributed by atoms with E-state index in [9.17, 15) is 14.7 Å². The van der Waals surface area contributed by atoms with Crippen LogP contribution < -0.4 is 5.56 Å². The zero-order valence-corrected chi connectivity index (χ0v) is 16.7. The third kappa shape index (κ3) is 3.39. The predicted octanol–water partition coefficient (Wildman–Crippen LogP) is 4.91. The number of carboxylic acids is 1. The predicted molar refractivity (Wildman–Crippen MR) is 117 cm³/mol. The van der Waals surface area contributed by atoms with Gasteiger partial charge in [-0.05, 0) is 31.1 Å². The fraction of sp³-hybridized carbons (Fsp3) is 0.0870. The van der Waals surface area contributed by atoms with Crippen LogP contribution in [-0.4, -0.2) is 20.5 Å². The highest BCUT2D eigenvalue weighted by Crippen LogP contribution is 2.30. The Morgan fingerprint density at radius 2 is 1.72 bits per heavy atom. The molecule has 144 valence electrons. The lowest BCUT2D eigenvalue weighted by Crippen LogP contribution is -2.19. The van der Waals surface area contributed by atoms with E-state index in [1.165, 1.54) is 4.40 Å². The van der Waals surface area contributed by atoms with Gasteiger partial charge in [0.05, 0.1) is 11.4 Å². The average Bonchev–Trinajstić information content (AvgIpc) is 3.11. The van der Waals surface area contributed by atoms with Crippen LogP contribution in [0.15, 0.2) is 59.4 Å². The molecule has 0 amide bonds. The number of hydrogen-bond acceptors (Lipinski definition) is 4. The number of aromatic carboxylic acids is 1. The standard InChI is InChI=1S/C23H18N2O3S/c1-14-8-6-7-9-16(14)12-13-18-15(2)21(26)25-19(17-10-4-3-5-11-17)20(22(27)28)29-23(25)24-18/h3-13H,1-2H3,(H,27,28). The summed E-state index contributed by atoms with van der Waals surface area (Å²) < 4.78 is 1.41. The summed E-state index contributed by atoms with van der Waals surface area (Å²) >= 11 is 1.01. The van der Waals surface area contributed by atoms with E-state index in [2.05, 4.69) is 4.98 Å². The Labute approximate surface area is 171 Å². The van der Waals surface area contributed by atoms with Crippen LogP contribution in [-0.2, 0) is 0 Å². The topological polar surface area (TPSA) is 71.7 Å². The maximum atomic E-state index is 13.2. The minimum Gasteiger partial charge on any atom is -0.477 e. The Kier molecular flexibility index (Phi) is 4.86. The number of hydrogen-bond donors (Lipinski definition) is 1. The molecule has 0 saturated carbocycles. The molecule has 0 aliphatic carbocycles. The molecular formula is C23H18N2O3S. The fourth-order valence-electron chi connectivity index (χ4n) is 3.21. The largest absolute Gasteiger partial charge is 0.477 e. The van der Waals surface area contributed by atoms with Gasteiger partial charge in [0, 0.05) is 11.1 Å². The van der Waals surface area contributed by atoms with Gasteiger partial charge in [0.25, 0.3) is 5.56 Å². The summed E-state index contributed by atoms with van der Waals surface area (Å²) in [5.41, 5.74) is 3.94. The number of benzene rings is 2. The van der Waals surface area contributed by atoms with E-state index in [-0.39, 0.29) is 10.4 Å². The van der Waals surface area contributed by atoms with Gasteiger partial charge < -0.3 is 5.11 Å². The van der Waals surface area contributed by atoms with Gasteiger partial charge in [-0.3, -0.25) is 4.79 Å². The van der Waals surface area contributed by atoms with Crippen molar-refractivity contribution in [3.05, 3.63) is 92.2 Å². The van der Waals surface area contributed by atoms with E-state index < -0.39 is 5.97 Å². The number of carboxylic acid groups (broad SMARTS) is 1. The maximum Gasteiger partial charge on any atom is 0.348 e. The number of aromatic nitrogens is 2. The van der Waals surface area contributed by atoms with Gasteiger partial charge in [-0.25, -0.2) is 14.2 Å². The van der Waals surface area contributed by atoms with Crippen LogP contribution in [0.25, 0.3) is 28.4 Å². The van der Waals surface area contributed by atoms with E-state index in [1.54, 1.807) is 25.1 Å². The van der Waals surface area contributed by atoms with Gasteiger partial charge in [-0.1, -0.05) is 72.0 Å². The lowest BCUT2D eigenvalue weighted by Gasteiger charge is -2.06. The van der Waals surface area contributed by atoms with Crippen LogP contribution in [0, 0.1) is 13.8 Å². The van der Waals surface area contributed by atoms with E-state index in [1.807, 2.05) is 55.5 Å². The monoisotopic (exact) mass is 402 g/mol. The molecule has 0 saturated heterocycles. The summed E-state index contributed by atoms with van der Waals surface area (Å²) in [6.45, 7) is 3.73. The van der Waals surface area contributed by atoms with E-state index >= 15 is 0 Å². The highest BCUT2D eigenvalue weighted by molar-refractivity contribution is 7.19. The summed E-state index contributed by atoms with van der Waals surface area (Å²) in [7, 11) is 0. The number of nitrogens with zero attached hydrogens (tertiary/aromatic N) is 2. The second kappa shape index (κ2) is 7.48. The third-order valence-corrected chi connectivity index (χ3v) is 5.83. The maximum absolute atomic E-state index is 13.2. The van der Waals surface area contributed by atoms with Gasteiger partial charge >= 0.3 is 5.97 Å². The van der Waals surface area contributed by atoms with Crippen LogP contribution in [0.3, 0.4) is 0 Å². The molecule has 0 atom stereocenters. The molecule has 4 aromatic rings. The Morgan fingerprint density at radius 1 is 1.03 bits per heavy atom. The van der Waals surface area contributed by atoms with E-state index in [0.29, 0.717) is 27.5 Å². The molecule has 29 heavy (non-hydrogen) atoms. The van der Waals surface area contributed by atoms with Crippen LogP contribution in [0.1, 0.15) is 32.1 Å². The molecule has 2 heterocycles. The second-order valence-electron chi connectivity index (χ2n) is 6.69. The highest BCUT2D eigenvalue weighted by atomic mass is 32.1.